The highest BCUT2D eigenvalue weighted by atomic mass is 35.5. The number of halogens is 2. The lowest BCUT2D eigenvalue weighted by Crippen LogP contribution is -2.29. The Morgan fingerprint density at radius 2 is 2.00 bits per heavy atom. The average Bonchev–Trinajstić information content (AvgIpc) is 2.47. The molecule has 0 aliphatic carbocycles. The second-order valence-electron chi connectivity index (χ2n) is 4.95. The number of hydrogen-bond acceptors (Lipinski definition) is 2. The molecule has 3 nitrogen and oxygen atoms in total. The SMILES string of the molecule is Cc1ccc(OCCNC(=O)c2c(F)cccc2Cl)cc1C. The number of amides is 1. The molecule has 0 heterocycles. The molecule has 0 atom stereocenters. The minimum Gasteiger partial charge on any atom is -0.492 e. The molecule has 0 radical (unpaired) electrons. The molecule has 0 aliphatic heterocycles. The molecule has 0 aromatic heterocycles. The zero-order valence-corrected chi connectivity index (χ0v) is 13.2. The summed E-state index contributed by atoms with van der Waals surface area (Å²) < 4.78 is 19.1. The van der Waals surface area contributed by atoms with Crippen molar-refractivity contribution in [3.05, 3.63) is 63.9 Å². The van der Waals surface area contributed by atoms with Gasteiger partial charge in [-0.3, -0.25) is 4.79 Å². The molecule has 2 aromatic carbocycles. The molecule has 0 saturated heterocycles. The number of rotatable bonds is 5. The van der Waals surface area contributed by atoms with E-state index in [-0.39, 0.29) is 17.1 Å². The van der Waals surface area contributed by atoms with Crippen LogP contribution in [0.4, 0.5) is 4.39 Å². The van der Waals surface area contributed by atoms with Gasteiger partial charge in [0.2, 0.25) is 0 Å². The van der Waals surface area contributed by atoms with Gasteiger partial charge in [0.25, 0.3) is 5.91 Å². The smallest absolute Gasteiger partial charge is 0.255 e. The predicted molar refractivity (Wildman–Crippen MR) is 85.2 cm³/mol. The molecule has 0 saturated carbocycles. The number of benzene rings is 2. The van der Waals surface area contributed by atoms with Crippen LogP contribution in [-0.4, -0.2) is 19.1 Å². The van der Waals surface area contributed by atoms with Crippen molar-refractivity contribution in [3.8, 4) is 5.75 Å². The van der Waals surface area contributed by atoms with E-state index in [1.807, 2.05) is 32.0 Å². The van der Waals surface area contributed by atoms with Crippen LogP contribution in [0.25, 0.3) is 0 Å². The lowest BCUT2D eigenvalue weighted by molar-refractivity contribution is 0.0943. The van der Waals surface area contributed by atoms with E-state index in [2.05, 4.69) is 5.32 Å². The number of aryl methyl sites for hydroxylation is 2. The van der Waals surface area contributed by atoms with Gasteiger partial charge in [-0.1, -0.05) is 23.7 Å². The molecule has 0 fully saturated rings. The van der Waals surface area contributed by atoms with Crippen LogP contribution in [0.15, 0.2) is 36.4 Å². The van der Waals surface area contributed by atoms with Crippen LogP contribution in [-0.2, 0) is 0 Å². The molecule has 0 unspecified atom stereocenters. The fourth-order valence-electron chi connectivity index (χ4n) is 1.94. The van der Waals surface area contributed by atoms with Crippen molar-refractivity contribution in [2.45, 2.75) is 13.8 Å². The van der Waals surface area contributed by atoms with Gasteiger partial charge in [-0.15, -0.1) is 0 Å². The summed E-state index contributed by atoms with van der Waals surface area (Å²) in [5, 5.41) is 2.68. The second kappa shape index (κ2) is 7.27. The zero-order valence-electron chi connectivity index (χ0n) is 12.5. The highest BCUT2D eigenvalue weighted by Gasteiger charge is 2.14. The van der Waals surface area contributed by atoms with Crippen LogP contribution >= 0.6 is 11.6 Å². The summed E-state index contributed by atoms with van der Waals surface area (Å²) in [6, 6.07) is 9.92. The fourth-order valence-corrected chi connectivity index (χ4v) is 2.19. The van der Waals surface area contributed by atoms with Crippen LogP contribution in [0.5, 0.6) is 5.75 Å². The van der Waals surface area contributed by atoms with Crippen LogP contribution in [0.1, 0.15) is 21.5 Å². The summed E-state index contributed by atoms with van der Waals surface area (Å²) in [7, 11) is 0. The van der Waals surface area contributed by atoms with Gasteiger partial charge in [0.05, 0.1) is 17.1 Å². The molecular weight excluding hydrogens is 305 g/mol. The highest BCUT2D eigenvalue weighted by molar-refractivity contribution is 6.33. The predicted octanol–water partition coefficient (Wildman–Crippen LogP) is 3.90. The van der Waals surface area contributed by atoms with Crippen molar-refractivity contribution in [2.75, 3.05) is 13.2 Å². The van der Waals surface area contributed by atoms with E-state index in [0.29, 0.717) is 6.61 Å². The van der Waals surface area contributed by atoms with Crippen molar-refractivity contribution in [1.82, 2.24) is 5.32 Å². The number of carbonyl (C=O) groups excluding carboxylic acids is 1. The molecular formula is C17H17ClFNO2. The fraction of sp³-hybridized carbons (Fsp3) is 0.235. The van der Waals surface area contributed by atoms with E-state index in [1.54, 1.807) is 0 Å². The molecule has 2 aromatic rings. The minimum absolute atomic E-state index is 0.0903. The van der Waals surface area contributed by atoms with E-state index in [1.165, 1.54) is 23.8 Å². The van der Waals surface area contributed by atoms with E-state index >= 15 is 0 Å². The van der Waals surface area contributed by atoms with E-state index < -0.39 is 11.7 Å². The first-order valence-corrected chi connectivity index (χ1v) is 7.29. The summed E-state index contributed by atoms with van der Waals surface area (Å²) in [6.45, 7) is 4.58. The summed E-state index contributed by atoms with van der Waals surface area (Å²) in [6.07, 6.45) is 0. The third-order valence-electron chi connectivity index (χ3n) is 3.32. The van der Waals surface area contributed by atoms with Crippen LogP contribution in [0, 0.1) is 19.7 Å². The quantitative estimate of drug-likeness (QED) is 0.848. The maximum Gasteiger partial charge on any atom is 0.255 e. The number of ether oxygens (including phenoxy) is 1. The van der Waals surface area contributed by atoms with Gasteiger partial charge in [0, 0.05) is 0 Å². The average molecular weight is 322 g/mol. The summed E-state index contributed by atoms with van der Waals surface area (Å²) in [5.74, 6) is -0.451. The Morgan fingerprint density at radius 1 is 1.23 bits per heavy atom. The van der Waals surface area contributed by atoms with E-state index in [0.717, 1.165) is 11.3 Å². The Hall–Kier alpha value is -2.07. The molecule has 116 valence electrons. The summed E-state index contributed by atoms with van der Waals surface area (Å²) in [5.41, 5.74) is 2.19. The van der Waals surface area contributed by atoms with Gasteiger partial charge in [0.1, 0.15) is 18.2 Å². The highest BCUT2D eigenvalue weighted by Crippen LogP contribution is 2.19. The molecule has 22 heavy (non-hydrogen) atoms. The first-order chi connectivity index (χ1) is 10.5. The Kier molecular flexibility index (Phi) is 5.39. The Labute approximate surface area is 134 Å². The van der Waals surface area contributed by atoms with Gasteiger partial charge in [-0.05, 0) is 49.2 Å². The Morgan fingerprint density at radius 3 is 2.68 bits per heavy atom. The zero-order chi connectivity index (χ0) is 16.1. The van der Waals surface area contributed by atoms with Crippen LogP contribution < -0.4 is 10.1 Å². The number of hydrogen-bond donors (Lipinski definition) is 1. The van der Waals surface area contributed by atoms with E-state index in [9.17, 15) is 9.18 Å². The van der Waals surface area contributed by atoms with E-state index in [4.69, 9.17) is 16.3 Å². The first-order valence-electron chi connectivity index (χ1n) is 6.91. The van der Waals surface area contributed by atoms with Gasteiger partial charge >= 0.3 is 0 Å². The largest absolute Gasteiger partial charge is 0.492 e. The van der Waals surface area contributed by atoms with Gasteiger partial charge < -0.3 is 10.1 Å². The Balaban J connectivity index is 1.86. The first kappa shape index (κ1) is 16.3. The topological polar surface area (TPSA) is 38.3 Å². The standard InChI is InChI=1S/C17H17ClFNO2/c1-11-6-7-13(10-12(11)2)22-9-8-20-17(21)16-14(18)4-3-5-15(16)19/h3-7,10H,8-9H2,1-2H3,(H,20,21). The van der Waals surface area contributed by atoms with Crippen LogP contribution in [0.2, 0.25) is 5.02 Å². The van der Waals surface area contributed by atoms with Crippen molar-refractivity contribution in [2.24, 2.45) is 0 Å². The molecule has 0 aliphatic rings. The second-order valence-corrected chi connectivity index (χ2v) is 5.35. The van der Waals surface area contributed by atoms with Crippen molar-refractivity contribution >= 4 is 17.5 Å². The summed E-state index contributed by atoms with van der Waals surface area (Å²) in [4.78, 5) is 11.9. The molecule has 0 bridgehead atoms. The van der Waals surface area contributed by atoms with Gasteiger partial charge in [-0.2, -0.15) is 0 Å². The van der Waals surface area contributed by atoms with Crippen molar-refractivity contribution in [1.29, 1.82) is 0 Å². The lowest BCUT2D eigenvalue weighted by Gasteiger charge is -2.10. The molecule has 5 heteroatoms. The van der Waals surface area contributed by atoms with Crippen molar-refractivity contribution < 1.29 is 13.9 Å². The van der Waals surface area contributed by atoms with Gasteiger partial charge in [-0.25, -0.2) is 4.39 Å². The monoisotopic (exact) mass is 321 g/mol. The summed E-state index contributed by atoms with van der Waals surface area (Å²) >= 11 is 5.83. The molecule has 2 rings (SSSR count). The number of carbonyl (C=O) groups is 1. The molecule has 1 amide bonds. The molecule has 0 spiro atoms. The maximum atomic E-state index is 13.6. The molecule has 1 N–H and O–H groups in total. The number of nitrogens with one attached hydrogen (secondary N) is 1. The minimum atomic E-state index is -0.639. The van der Waals surface area contributed by atoms with Crippen LogP contribution in [0.3, 0.4) is 0 Å². The maximum absolute atomic E-state index is 13.6. The third kappa shape index (κ3) is 3.98. The Bertz CT molecular complexity index is 668. The van der Waals surface area contributed by atoms with Crippen molar-refractivity contribution in [3.63, 3.8) is 0 Å². The normalized spacial score (nSPS) is 10.4. The van der Waals surface area contributed by atoms with Gasteiger partial charge in [0.15, 0.2) is 0 Å². The lowest BCUT2D eigenvalue weighted by atomic mass is 10.1. The third-order valence-corrected chi connectivity index (χ3v) is 3.64.